The highest BCUT2D eigenvalue weighted by atomic mass is 16.2. The predicted octanol–water partition coefficient (Wildman–Crippen LogP) is 1.00. The average molecular weight is 248 g/mol. The Morgan fingerprint density at radius 2 is 2.22 bits per heavy atom. The predicted molar refractivity (Wildman–Crippen MR) is 69.5 cm³/mol. The van der Waals surface area contributed by atoms with Crippen molar-refractivity contribution in [2.75, 3.05) is 7.05 Å². The van der Waals surface area contributed by atoms with E-state index >= 15 is 0 Å². The van der Waals surface area contributed by atoms with E-state index in [9.17, 15) is 4.79 Å². The van der Waals surface area contributed by atoms with Gasteiger partial charge in [-0.15, -0.1) is 0 Å². The Morgan fingerprint density at radius 1 is 1.56 bits per heavy atom. The van der Waals surface area contributed by atoms with Gasteiger partial charge in [0.25, 0.3) is 5.91 Å². The summed E-state index contributed by atoms with van der Waals surface area (Å²) in [5.41, 5.74) is 2.04. The fraction of sp³-hybridized carbons (Fsp3) is 0.538. The number of hydrogen-bond donors (Lipinski definition) is 2. The maximum Gasteiger partial charge on any atom is 0.269 e. The highest BCUT2D eigenvalue weighted by molar-refractivity contribution is 5.99. The number of carbonyl (C=O) groups excluding carboxylic acids is 1. The molecule has 1 unspecified atom stereocenters. The molecule has 5 nitrogen and oxygen atoms in total. The van der Waals surface area contributed by atoms with Gasteiger partial charge in [0.15, 0.2) is 0 Å². The van der Waals surface area contributed by atoms with E-state index in [0.717, 1.165) is 11.3 Å². The van der Waals surface area contributed by atoms with E-state index in [2.05, 4.69) is 24.1 Å². The van der Waals surface area contributed by atoms with Crippen LogP contribution in [0.2, 0.25) is 0 Å². The number of nitrogens with two attached hydrogens (primary N) is 1. The second-order valence-electron chi connectivity index (χ2n) is 5.19. The number of carbonyl (C=O) groups is 1. The van der Waals surface area contributed by atoms with Gasteiger partial charge in [0.2, 0.25) is 0 Å². The fourth-order valence-electron chi connectivity index (χ4n) is 2.58. The lowest BCUT2D eigenvalue weighted by Gasteiger charge is -2.37. The van der Waals surface area contributed by atoms with E-state index in [4.69, 9.17) is 5.84 Å². The maximum atomic E-state index is 12.2. The lowest BCUT2D eigenvalue weighted by Crippen LogP contribution is -2.50. The second kappa shape index (κ2) is 4.33. The average Bonchev–Trinajstić information content (AvgIpc) is 2.54. The molecule has 0 saturated heterocycles. The van der Waals surface area contributed by atoms with Crippen LogP contribution in [-0.4, -0.2) is 22.9 Å². The van der Waals surface area contributed by atoms with Crippen molar-refractivity contribution in [1.29, 1.82) is 0 Å². The molecule has 5 heteroatoms. The van der Waals surface area contributed by atoms with Gasteiger partial charge in [-0.1, -0.05) is 13.8 Å². The molecule has 0 radical (unpaired) electrons. The highest BCUT2D eigenvalue weighted by Gasteiger charge is 2.48. The van der Waals surface area contributed by atoms with Crippen LogP contribution in [0.4, 0.5) is 0 Å². The monoisotopic (exact) mass is 248 g/mol. The Kier molecular flexibility index (Phi) is 3.12. The van der Waals surface area contributed by atoms with Crippen molar-refractivity contribution < 1.29 is 4.79 Å². The molecule has 0 fully saturated rings. The largest absolute Gasteiger partial charge is 0.314 e. The molecule has 18 heavy (non-hydrogen) atoms. The van der Waals surface area contributed by atoms with Crippen LogP contribution in [0, 0.1) is 5.92 Å². The Bertz CT molecular complexity index is 486. The van der Waals surface area contributed by atoms with E-state index in [1.807, 2.05) is 14.0 Å². The highest BCUT2D eigenvalue weighted by Crippen LogP contribution is 2.43. The van der Waals surface area contributed by atoms with Crippen molar-refractivity contribution in [3.8, 4) is 0 Å². The number of hydrogen-bond acceptors (Lipinski definition) is 4. The zero-order chi connectivity index (χ0) is 13.5. The van der Waals surface area contributed by atoms with Crippen molar-refractivity contribution in [3.63, 3.8) is 0 Å². The summed E-state index contributed by atoms with van der Waals surface area (Å²) in [6.07, 6.45) is 1.67. The summed E-state index contributed by atoms with van der Waals surface area (Å²) in [6.45, 7) is 6.77. The van der Waals surface area contributed by atoms with Gasteiger partial charge < -0.3 is 5.32 Å². The smallest absolute Gasteiger partial charge is 0.269 e. The molecule has 0 aliphatic carbocycles. The molecular weight excluding hydrogens is 228 g/mol. The molecule has 3 N–H and O–H groups in total. The van der Waals surface area contributed by atoms with Gasteiger partial charge in [-0.3, -0.25) is 14.8 Å². The molecule has 2 heterocycles. The third-order valence-corrected chi connectivity index (χ3v) is 3.95. The van der Waals surface area contributed by atoms with Gasteiger partial charge in [-0.05, 0) is 26.0 Å². The molecule has 0 saturated carbocycles. The Morgan fingerprint density at radius 3 is 2.78 bits per heavy atom. The van der Waals surface area contributed by atoms with E-state index in [-0.39, 0.29) is 11.8 Å². The minimum atomic E-state index is -0.493. The van der Waals surface area contributed by atoms with Gasteiger partial charge in [0.05, 0.1) is 11.2 Å². The van der Waals surface area contributed by atoms with E-state index in [1.54, 1.807) is 12.3 Å². The summed E-state index contributed by atoms with van der Waals surface area (Å²) >= 11 is 0. The van der Waals surface area contributed by atoms with Crippen molar-refractivity contribution >= 4 is 5.91 Å². The number of rotatable bonds is 3. The third-order valence-electron chi connectivity index (χ3n) is 3.95. The molecule has 0 spiro atoms. The summed E-state index contributed by atoms with van der Waals surface area (Å²) in [5, 5.41) is 4.44. The Labute approximate surface area is 107 Å². The molecule has 1 aliphatic heterocycles. The number of nitrogens with zero attached hydrogens (tertiary/aromatic N) is 2. The number of nitrogens with one attached hydrogen (secondary N) is 1. The molecule has 0 bridgehead atoms. The standard InChI is InChI=1S/C13H20N4O/c1-8(2)13(3)11-9(12(18)17(13)14)5-6-16-10(11)7-15-4/h5-6,8,15H,7,14H2,1-4H3. The van der Waals surface area contributed by atoms with Gasteiger partial charge in [0, 0.05) is 23.9 Å². The molecule has 1 aliphatic rings. The first kappa shape index (κ1) is 13.0. The van der Waals surface area contributed by atoms with Gasteiger partial charge in [0.1, 0.15) is 0 Å². The summed E-state index contributed by atoms with van der Waals surface area (Å²) in [7, 11) is 1.87. The molecule has 1 amide bonds. The van der Waals surface area contributed by atoms with E-state index in [0.29, 0.717) is 12.1 Å². The van der Waals surface area contributed by atoms with E-state index in [1.165, 1.54) is 5.01 Å². The van der Waals surface area contributed by atoms with Crippen LogP contribution in [0.25, 0.3) is 0 Å². The SMILES string of the molecule is CNCc1nccc2c1C(C)(C(C)C)N(N)C2=O. The summed E-state index contributed by atoms with van der Waals surface area (Å²) in [5.74, 6) is 6.10. The molecular formula is C13H20N4O. The summed E-state index contributed by atoms with van der Waals surface area (Å²) in [6, 6.07) is 1.75. The first-order valence-electron chi connectivity index (χ1n) is 6.16. The van der Waals surface area contributed by atoms with Crippen LogP contribution in [0.3, 0.4) is 0 Å². The minimum Gasteiger partial charge on any atom is -0.314 e. The van der Waals surface area contributed by atoms with Gasteiger partial charge >= 0.3 is 0 Å². The molecule has 1 atom stereocenters. The Hall–Kier alpha value is -1.46. The molecule has 2 rings (SSSR count). The minimum absolute atomic E-state index is 0.124. The maximum absolute atomic E-state index is 12.2. The van der Waals surface area contributed by atoms with Crippen molar-refractivity contribution in [2.45, 2.75) is 32.9 Å². The van der Waals surface area contributed by atoms with Gasteiger partial charge in [-0.25, -0.2) is 5.84 Å². The molecule has 98 valence electrons. The van der Waals surface area contributed by atoms with Crippen molar-refractivity contribution in [3.05, 3.63) is 29.1 Å². The van der Waals surface area contributed by atoms with Crippen LogP contribution in [0.15, 0.2) is 12.3 Å². The van der Waals surface area contributed by atoms with Crippen LogP contribution >= 0.6 is 0 Å². The second-order valence-corrected chi connectivity index (χ2v) is 5.19. The molecule has 1 aromatic rings. The normalized spacial score (nSPS) is 22.8. The summed E-state index contributed by atoms with van der Waals surface area (Å²) < 4.78 is 0. The zero-order valence-corrected chi connectivity index (χ0v) is 11.3. The molecule has 0 aromatic carbocycles. The van der Waals surface area contributed by atoms with Crippen molar-refractivity contribution in [1.82, 2.24) is 15.3 Å². The van der Waals surface area contributed by atoms with Gasteiger partial charge in [-0.2, -0.15) is 0 Å². The topological polar surface area (TPSA) is 71.2 Å². The number of hydrazine groups is 1. The quantitative estimate of drug-likeness (QED) is 0.618. The van der Waals surface area contributed by atoms with Crippen LogP contribution in [0.5, 0.6) is 0 Å². The number of amides is 1. The van der Waals surface area contributed by atoms with Crippen LogP contribution in [0.1, 0.15) is 42.4 Å². The van der Waals surface area contributed by atoms with E-state index < -0.39 is 5.54 Å². The Balaban J connectivity index is 2.68. The first-order valence-corrected chi connectivity index (χ1v) is 6.16. The lowest BCUT2D eigenvalue weighted by atomic mass is 9.81. The van der Waals surface area contributed by atoms with Crippen LogP contribution < -0.4 is 11.2 Å². The summed E-state index contributed by atoms with van der Waals surface area (Å²) in [4.78, 5) is 16.6. The van der Waals surface area contributed by atoms with Crippen molar-refractivity contribution in [2.24, 2.45) is 11.8 Å². The fourth-order valence-corrected chi connectivity index (χ4v) is 2.58. The third kappa shape index (κ3) is 1.54. The number of fused-ring (bicyclic) bond motifs is 1. The zero-order valence-electron chi connectivity index (χ0n) is 11.3. The molecule has 1 aromatic heterocycles. The van der Waals surface area contributed by atoms with Crippen LogP contribution in [-0.2, 0) is 12.1 Å². The number of pyridine rings is 1. The first-order chi connectivity index (χ1) is 8.44. The lowest BCUT2D eigenvalue weighted by molar-refractivity contribution is 0.0455. The number of aromatic nitrogens is 1.